The van der Waals surface area contributed by atoms with Crippen LogP contribution < -0.4 is 4.74 Å². The van der Waals surface area contributed by atoms with Gasteiger partial charge in [0.25, 0.3) is 5.91 Å². The van der Waals surface area contributed by atoms with E-state index in [2.05, 4.69) is 10.1 Å². The Morgan fingerprint density at radius 1 is 1.29 bits per heavy atom. The van der Waals surface area contributed by atoms with E-state index < -0.39 is 0 Å². The quantitative estimate of drug-likeness (QED) is 0.849. The first-order chi connectivity index (χ1) is 11.6. The maximum atomic E-state index is 12.7. The van der Waals surface area contributed by atoms with Crippen molar-refractivity contribution in [3.05, 3.63) is 46.3 Å². The van der Waals surface area contributed by atoms with Gasteiger partial charge in [0.05, 0.1) is 24.9 Å². The van der Waals surface area contributed by atoms with Crippen LogP contribution in [0.5, 0.6) is 5.75 Å². The van der Waals surface area contributed by atoms with E-state index in [4.69, 9.17) is 20.9 Å². The van der Waals surface area contributed by atoms with E-state index in [9.17, 15) is 4.79 Å². The number of hydrogen-bond donors (Lipinski definition) is 0. The minimum atomic E-state index is -0.0514. The predicted molar refractivity (Wildman–Crippen MR) is 90.4 cm³/mol. The molecule has 0 radical (unpaired) electrons. The van der Waals surface area contributed by atoms with Crippen molar-refractivity contribution < 1.29 is 14.1 Å². The largest absolute Gasteiger partial charge is 0.496 e. The number of carbonyl (C=O) groups excluding carboxylic acids is 1. The Morgan fingerprint density at radius 2 is 2.04 bits per heavy atom. The maximum absolute atomic E-state index is 12.7. The van der Waals surface area contributed by atoms with E-state index in [-0.39, 0.29) is 5.91 Å². The average molecular weight is 350 g/mol. The summed E-state index contributed by atoms with van der Waals surface area (Å²) in [5.74, 6) is 1.34. The van der Waals surface area contributed by atoms with Gasteiger partial charge in [-0.3, -0.25) is 9.69 Å². The smallest absolute Gasteiger partial charge is 0.257 e. The fraction of sp³-hybridized carbons (Fsp3) is 0.412. The molecule has 128 valence electrons. The van der Waals surface area contributed by atoms with Crippen molar-refractivity contribution in [3.8, 4) is 5.75 Å². The number of methoxy groups -OCH3 is 1. The van der Waals surface area contributed by atoms with Gasteiger partial charge in [0.2, 0.25) is 0 Å². The zero-order valence-electron chi connectivity index (χ0n) is 13.8. The molecule has 3 rings (SSSR count). The van der Waals surface area contributed by atoms with Gasteiger partial charge in [-0.15, -0.1) is 0 Å². The van der Waals surface area contributed by atoms with Gasteiger partial charge in [0, 0.05) is 37.3 Å². The number of aromatic nitrogens is 1. The summed E-state index contributed by atoms with van der Waals surface area (Å²) in [6.07, 6.45) is 0. The van der Waals surface area contributed by atoms with Gasteiger partial charge < -0.3 is 14.2 Å². The molecule has 2 aromatic rings. The Bertz CT molecular complexity index is 724. The molecule has 6 nitrogen and oxygen atoms in total. The summed E-state index contributed by atoms with van der Waals surface area (Å²) in [6.45, 7) is 5.50. The molecule has 0 unspecified atom stereocenters. The lowest BCUT2D eigenvalue weighted by atomic mass is 10.1. The molecule has 1 fully saturated rings. The lowest BCUT2D eigenvalue weighted by molar-refractivity contribution is 0.0614. The number of benzene rings is 1. The van der Waals surface area contributed by atoms with Crippen LogP contribution in [0.1, 0.15) is 21.8 Å². The van der Waals surface area contributed by atoms with E-state index in [0.29, 0.717) is 36.0 Å². The number of halogens is 1. The van der Waals surface area contributed by atoms with Crippen LogP contribution in [0.3, 0.4) is 0 Å². The molecule has 1 aliphatic heterocycles. The molecule has 7 heteroatoms. The Labute approximate surface area is 145 Å². The minimum Gasteiger partial charge on any atom is -0.496 e. The molecular weight excluding hydrogens is 330 g/mol. The number of aryl methyl sites for hydroxylation is 1. The van der Waals surface area contributed by atoms with E-state index in [1.807, 2.05) is 17.9 Å². The van der Waals surface area contributed by atoms with Gasteiger partial charge in [-0.05, 0) is 25.1 Å². The molecule has 2 heterocycles. The Balaban J connectivity index is 1.62. The number of nitrogens with zero attached hydrogens (tertiary/aromatic N) is 3. The lowest BCUT2D eigenvalue weighted by Gasteiger charge is -2.34. The molecule has 0 aliphatic carbocycles. The maximum Gasteiger partial charge on any atom is 0.257 e. The van der Waals surface area contributed by atoms with Gasteiger partial charge in [0.15, 0.2) is 5.76 Å². The highest BCUT2D eigenvalue weighted by molar-refractivity contribution is 6.31. The number of piperazine rings is 1. The van der Waals surface area contributed by atoms with Crippen molar-refractivity contribution in [3.63, 3.8) is 0 Å². The van der Waals surface area contributed by atoms with Gasteiger partial charge in [0.1, 0.15) is 5.75 Å². The van der Waals surface area contributed by atoms with E-state index in [1.165, 1.54) is 0 Å². The Kier molecular flexibility index (Phi) is 5.06. The molecule has 0 N–H and O–H groups in total. The molecule has 1 saturated heterocycles. The van der Waals surface area contributed by atoms with Crippen LogP contribution in [0.25, 0.3) is 0 Å². The second-order valence-electron chi connectivity index (χ2n) is 5.85. The molecule has 1 aromatic carbocycles. The number of carbonyl (C=O) groups is 1. The van der Waals surface area contributed by atoms with Crippen LogP contribution in [0.15, 0.2) is 28.8 Å². The highest BCUT2D eigenvalue weighted by Gasteiger charge is 2.25. The SMILES string of the molecule is COc1ccc(Cl)cc1C(=O)N1CCN(Cc2cc(C)no2)CC1. The summed E-state index contributed by atoms with van der Waals surface area (Å²) >= 11 is 6.02. The third-order valence-electron chi connectivity index (χ3n) is 4.11. The van der Waals surface area contributed by atoms with E-state index in [1.54, 1.807) is 25.3 Å². The molecular formula is C17H20ClN3O3. The highest BCUT2D eigenvalue weighted by atomic mass is 35.5. The fourth-order valence-electron chi connectivity index (χ4n) is 2.84. The monoisotopic (exact) mass is 349 g/mol. The van der Waals surface area contributed by atoms with Crippen LogP contribution in [-0.2, 0) is 6.54 Å². The van der Waals surface area contributed by atoms with Gasteiger partial charge >= 0.3 is 0 Å². The molecule has 1 aliphatic rings. The zero-order valence-corrected chi connectivity index (χ0v) is 14.5. The van der Waals surface area contributed by atoms with Crippen LogP contribution >= 0.6 is 11.6 Å². The van der Waals surface area contributed by atoms with Crippen LogP contribution in [0.2, 0.25) is 5.02 Å². The second-order valence-corrected chi connectivity index (χ2v) is 6.28. The van der Waals surface area contributed by atoms with Crippen molar-refractivity contribution >= 4 is 17.5 Å². The first-order valence-corrected chi connectivity index (χ1v) is 8.22. The van der Waals surface area contributed by atoms with Gasteiger partial charge in [-0.1, -0.05) is 16.8 Å². The van der Waals surface area contributed by atoms with E-state index in [0.717, 1.165) is 24.5 Å². The third-order valence-corrected chi connectivity index (χ3v) is 4.34. The molecule has 0 saturated carbocycles. The minimum absolute atomic E-state index is 0.0514. The molecule has 1 aromatic heterocycles. The summed E-state index contributed by atoms with van der Waals surface area (Å²) in [7, 11) is 1.55. The molecule has 0 bridgehead atoms. The second kappa shape index (κ2) is 7.23. The Morgan fingerprint density at radius 3 is 2.67 bits per heavy atom. The molecule has 0 atom stereocenters. The normalized spacial score (nSPS) is 15.5. The number of amides is 1. The number of hydrogen-bond acceptors (Lipinski definition) is 5. The van der Waals surface area contributed by atoms with Crippen molar-refractivity contribution in [1.82, 2.24) is 15.0 Å². The summed E-state index contributed by atoms with van der Waals surface area (Å²) in [4.78, 5) is 16.8. The van der Waals surface area contributed by atoms with Crippen LogP contribution in [-0.4, -0.2) is 54.2 Å². The summed E-state index contributed by atoms with van der Waals surface area (Å²) in [5, 5.41) is 4.43. The first kappa shape index (κ1) is 16.8. The fourth-order valence-corrected chi connectivity index (χ4v) is 3.01. The average Bonchev–Trinajstić information content (AvgIpc) is 3.00. The molecule has 1 amide bonds. The summed E-state index contributed by atoms with van der Waals surface area (Å²) in [5.41, 5.74) is 1.39. The van der Waals surface area contributed by atoms with Crippen molar-refractivity contribution in [1.29, 1.82) is 0 Å². The standard InChI is InChI=1S/C17H20ClN3O3/c1-12-9-14(24-19-12)11-20-5-7-21(8-6-20)17(22)15-10-13(18)3-4-16(15)23-2/h3-4,9-10H,5-8,11H2,1-2H3. The molecule has 24 heavy (non-hydrogen) atoms. The number of ether oxygens (including phenoxy) is 1. The predicted octanol–water partition coefficient (Wildman–Crippen LogP) is 2.60. The third kappa shape index (κ3) is 3.71. The van der Waals surface area contributed by atoms with Gasteiger partial charge in [-0.2, -0.15) is 0 Å². The van der Waals surface area contributed by atoms with Gasteiger partial charge in [-0.25, -0.2) is 0 Å². The summed E-state index contributed by atoms with van der Waals surface area (Å²) in [6, 6.07) is 7.04. The topological polar surface area (TPSA) is 58.8 Å². The van der Waals surface area contributed by atoms with Crippen molar-refractivity contribution in [2.45, 2.75) is 13.5 Å². The van der Waals surface area contributed by atoms with E-state index >= 15 is 0 Å². The zero-order chi connectivity index (χ0) is 17.1. The summed E-state index contributed by atoms with van der Waals surface area (Å²) < 4.78 is 10.5. The number of rotatable bonds is 4. The van der Waals surface area contributed by atoms with Crippen molar-refractivity contribution in [2.75, 3.05) is 33.3 Å². The van der Waals surface area contributed by atoms with Crippen LogP contribution in [0.4, 0.5) is 0 Å². The van der Waals surface area contributed by atoms with Crippen molar-refractivity contribution in [2.24, 2.45) is 0 Å². The highest BCUT2D eigenvalue weighted by Crippen LogP contribution is 2.24. The first-order valence-electron chi connectivity index (χ1n) is 7.84. The lowest BCUT2D eigenvalue weighted by Crippen LogP contribution is -2.48. The molecule has 0 spiro atoms. The Hall–Kier alpha value is -2.05. The van der Waals surface area contributed by atoms with Crippen LogP contribution in [0, 0.1) is 6.92 Å².